The number of nitrogens with zero attached hydrogens (tertiary/aromatic N) is 2. The van der Waals surface area contributed by atoms with E-state index in [1.54, 1.807) is 0 Å². The zero-order valence-electron chi connectivity index (χ0n) is 10.5. The van der Waals surface area contributed by atoms with E-state index in [1.807, 2.05) is 6.92 Å². The van der Waals surface area contributed by atoms with Crippen molar-refractivity contribution in [1.29, 1.82) is 0 Å². The largest absolute Gasteiger partial charge is 0.376 e. The van der Waals surface area contributed by atoms with E-state index in [4.69, 9.17) is 17.3 Å². The third kappa shape index (κ3) is 2.84. The van der Waals surface area contributed by atoms with Crippen LogP contribution in [0.25, 0.3) is 0 Å². The molecular formula is C12H19ClN4O. The number of anilines is 1. The van der Waals surface area contributed by atoms with Crippen molar-refractivity contribution in [2.24, 2.45) is 11.7 Å². The Kier molecular flexibility index (Phi) is 4.24. The van der Waals surface area contributed by atoms with Crippen molar-refractivity contribution in [1.82, 2.24) is 9.78 Å². The quantitative estimate of drug-likeness (QED) is 0.850. The molecule has 0 saturated heterocycles. The minimum Gasteiger partial charge on any atom is -0.376 e. The summed E-state index contributed by atoms with van der Waals surface area (Å²) in [4.78, 5) is 12.2. The Labute approximate surface area is 111 Å². The summed E-state index contributed by atoms with van der Waals surface area (Å²) >= 11 is 6.01. The van der Waals surface area contributed by atoms with Crippen LogP contribution >= 0.6 is 11.6 Å². The normalized spacial score (nSPS) is 17.3. The van der Waals surface area contributed by atoms with Crippen molar-refractivity contribution in [3.05, 3.63) is 21.6 Å². The second kappa shape index (κ2) is 5.71. The van der Waals surface area contributed by atoms with Crippen LogP contribution < -0.4 is 16.6 Å². The standard InChI is InChI=1S/C12H19ClN4O/c1-8(5-14)16-11-10(13)6-15-17(12(11)18)7-9-3-2-4-9/h6,8-9,16H,2-5,7,14H2,1H3. The number of halogens is 1. The maximum absolute atomic E-state index is 12.2. The lowest BCUT2D eigenvalue weighted by molar-refractivity contribution is 0.262. The maximum atomic E-state index is 12.2. The van der Waals surface area contributed by atoms with Crippen molar-refractivity contribution in [3.8, 4) is 0 Å². The Morgan fingerprint density at radius 2 is 2.39 bits per heavy atom. The lowest BCUT2D eigenvalue weighted by Gasteiger charge is -2.25. The van der Waals surface area contributed by atoms with E-state index < -0.39 is 0 Å². The SMILES string of the molecule is CC(CN)Nc1c(Cl)cnn(CC2CCC2)c1=O. The fourth-order valence-electron chi connectivity index (χ4n) is 1.95. The number of aromatic nitrogens is 2. The van der Waals surface area contributed by atoms with Gasteiger partial charge in [-0.1, -0.05) is 18.0 Å². The van der Waals surface area contributed by atoms with Gasteiger partial charge in [-0.3, -0.25) is 4.79 Å². The number of hydrogen-bond acceptors (Lipinski definition) is 4. The molecule has 100 valence electrons. The molecule has 1 aliphatic rings. The highest BCUT2D eigenvalue weighted by Crippen LogP contribution is 2.27. The molecule has 0 spiro atoms. The summed E-state index contributed by atoms with van der Waals surface area (Å²) in [6.07, 6.45) is 5.13. The highest BCUT2D eigenvalue weighted by atomic mass is 35.5. The second-order valence-corrected chi connectivity index (χ2v) is 5.34. The summed E-state index contributed by atoms with van der Waals surface area (Å²) in [6, 6.07) is 0.00903. The zero-order chi connectivity index (χ0) is 13.1. The minimum absolute atomic E-state index is 0.00903. The van der Waals surface area contributed by atoms with Crippen LogP contribution in [0.1, 0.15) is 26.2 Å². The predicted octanol–water partition coefficient (Wildman–Crippen LogP) is 1.46. The number of hydrogen-bond donors (Lipinski definition) is 2. The van der Waals surface area contributed by atoms with Crippen molar-refractivity contribution < 1.29 is 0 Å². The van der Waals surface area contributed by atoms with Gasteiger partial charge < -0.3 is 11.1 Å². The van der Waals surface area contributed by atoms with Crippen LogP contribution in [0, 0.1) is 5.92 Å². The van der Waals surface area contributed by atoms with Gasteiger partial charge in [0.15, 0.2) is 0 Å². The Balaban J connectivity index is 2.21. The number of rotatable bonds is 5. The third-order valence-corrected chi connectivity index (χ3v) is 3.68. The van der Waals surface area contributed by atoms with Crippen LogP contribution in [-0.2, 0) is 6.54 Å². The molecule has 5 nitrogen and oxygen atoms in total. The number of nitrogens with one attached hydrogen (secondary N) is 1. The van der Waals surface area contributed by atoms with Gasteiger partial charge in [0.05, 0.1) is 11.2 Å². The third-order valence-electron chi connectivity index (χ3n) is 3.40. The molecule has 1 atom stereocenters. The summed E-state index contributed by atoms with van der Waals surface area (Å²) in [5.74, 6) is 0.580. The first-order valence-electron chi connectivity index (χ1n) is 6.34. The summed E-state index contributed by atoms with van der Waals surface area (Å²) < 4.78 is 1.50. The van der Waals surface area contributed by atoms with Crippen LogP contribution in [0.15, 0.2) is 11.0 Å². The average Bonchev–Trinajstić information content (AvgIpc) is 2.31. The van der Waals surface area contributed by atoms with E-state index in [9.17, 15) is 4.79 Å². The molecule has 18 heavy (non-hydrogen) atoms. The molecule has 2 rings (SSSR count). The molecule has 0 aromatic carbocycles. The van der Waals surface area contributed by atoms with Crippen LogP contribution in [0.3, 0.4) is 0 Å². The van der Waals surface area contributed by atoms with Crippen molar-refractivity contribution in [2.75, 3.05) is 11.9 Å². The highest BCUT2D eigenvalue weighted by Gasteiger charge is 2.20. The van der Waals surface area contributed by atoms with E-state index >= 15 is 0 Å². The minimum atomic E-state index is -0.158. The van der Waals surface area contributed by atoms with E-state index in [1.165, 1.54) is 30.1 Å². The Bertz CT molecular complexity index is 470. The predicted molar refractivity (Wildman–Crippen MR) is 73.0 cm³/mol. The smallest absolute Gasteiger partial charge is 0.291 e. The molecule has 0 radical (unpaired) electrons. The van der Waals surface area contributed by atoms with E-state index in [-0.39, 0.29) is 11.6 Å². The first-order chi connectivity index (χ1) is 8.61. The Morgan fingerprint density at radius 3 is 2.94 bits per heavy atom. The van der Waals surface area contributed by atoms with Crippen molar-refractivity contribution >= 4 is 17.3 Å². The van der Waals surface area contributed by atoms with Gasteiger partial charge in [0.1, 0.15) is 5.69 Å². The van der Waals surface area contributed by atoms with Crippen LogP contribution in [0.4, 0.5) is 5.69 Å². The van der Waals surface area contributed by atoms with E-state index in [0.29, 0.717) is 29.7 Å². The molecule has 1 aromatic rings. The molecule has 1 saturated carbocycles. The van der Waals surface area contributed by atoms with Gasteiger partial charge in [-0.25, -0.2) is 4.68 Å². The summed E-state index contributed by atoms with van der Waals surface area (Å²) in [6.45, 7) is 3.04. The van der Waals surface area contributed by atoms with Gasteiger partial charge >= 0.3 is 0 Å². The Morgan fingerprint density at radius 1 is 1.67 bits per heavy atom. The highest BCUT2D eigenvalue weighted by molar-refractivity contribution is 6.33. The maximum Gasteiger partial charge on any atom is 0.291 e. The van der Waals surface area contributed by atoms with Gasteiger partial charge in [0, 0.05) is 19.1 Å². The Hall–Kier alpha value is -1.07. The molecule has 1 aliphatic carbocycles. The van der Waals surface area contributed by atoms with Gasteiger partial charge in [0.25, 0.3) is 5.56 Å². The van der Waals surface area contributed by atoms with Crippen molar-refractivity contribution in [3.63, 3.8) is 0 Å². The molecule has 0 amide bonds. The average molecular weight is 271 g/mol. The molecule has 3 N–H and O–H groups in total. The van der Waals surface area contributed by atoms with Gasteiger partial charge in [-0.15, -0.1) is 0 Å². The fourth-order valence-corrected chi connectivity index (χ4v) is 2.13. The molecule has 0 bridgehead atoms. The first kappa shape index (κ1) is 13.4. The molecular weight excluding hydrogens is 252 g/mol. The van der Waals surface area contributed by atoms with Crippen LogP contribution in [0.2, 0.25) is 5.02 Å². The molecule has 1 fully saturated rings. The molecule has 1 unspecified atom stereocenters. The number of nitrogens with two attached hydrogens (primary N) is 1. The van der Waals surface area contributed by atoms with Gasteiger partial charge in [-0.2, -0.15) is 5.10 Å². The first-order valence-corrected chi connectivity index (χ1v) is 6.72. The lowest BCUT2D eigenvalue weighted by Crippen LogP contribution is -2.34. The van der Waals surface area contributed by atoms with Crippen molar-refractivity contribution in [2.45, 2.75) is 38.8 Å². The fraction of sp³-hybridized carbons (Fsp3) is 0.667. The molecule has 0 aliphatic heterocycles. The molecule has 1 aromatic heterocycles. The summed E-state index contributed by atoms with van der Waals surface area (Å²) in [5.41, 5.74) is 5.79. The van der Waals surface area contributed by atoms with E-state index in [0.717, 1.165) is 0 Å². The topological polar surface area (TPSA) is 72.9 Å². The van der Waals surface area contributed by atoms with E-state index in [2.05, 4.69) is 10.4 Å². The van der Waals surface area contributed by atoms with Crippen LogP contribution in [-0.4, -0.2) is 22.4 Å². The summed E-state index contributed by atoms with van der Waals surface area (Å²) in [5, 5.41) is 7.49. The lowest BCUT2D eigenvalue weighted by atomic mass is 9.85. The van der Waals surface area contributed by atoms with Gasteiger partial charge in [-0.05, 0) is 25.7 Å². The molecule has 6 heteroatoms. The van der Waals surface area contributed by atoms with Crippen LogP contribution in [0.5, 0.6) is 0 Å². The summed E-state index contributed by atoms with van der Waals surface area (Å²) in [7, 11) is 0. The second-order valence-electron chi connectivity index (χ2n) is 4.93. The van der Waals surface area contributed by atoms with Gasteiger partial charge in [0.2, 0.25) is 0 Å². The monoisotopic (exact) mass is 270 g/mol. The zero-order valence-corrected chi connectivity index (χ0v) is 11.3. The molecule has 1 heterocycles.